The van der Waals surface area contributed by atoms with Gasteiger partial charge in [0.25, 0.3) is 0 Å². The average molecular weight is 499 g/mol. The maximum atomic E-state index is 13.2. The zero-order valence-electron chi connectivity index (χ0n) is 20.2. The molecule has 11 N–H and O–H groups in total. The summed E-state index contributed by atoms with van der Waals surface area (Å²) in [6.45, 7) is 4.08. The van der Waals surface area contributed by atoms with Crippen molar-refractivity contribution in [1.29, 1.82) is 0 Å². The average Bonchev–Trinajstić information content (AvgIpc) is 3.28. The number of aliphatic carboxylic acids is 1. The minimum absolute atomic E-state index is 0.112. The molecule has 0 aromatic heterocycles. The molecule has 1 saturated heterocycles. The van der Waals surface area contributed by atoms with Crippen LogP contribution in [-0.2, 0) is 24.0 Å². The molecular weight excluding hydrogens is 460 g/mol. The third kappa shape index (κ3) is 9.39. The van der Waals surface area contributed by atoms with E-state index in [1.54, 1.807) is 6.92 Å². The molecule has 5 unspecified atom stereocenters. The number of hydrogen-bond acceptors (Lipinski definition) is 7. The van der Waals surface area contributed by atoms with Gasteiger partial charge in [0, 0.05) is 13.1 Å². The predicted octanol–water partition coefficient (Wildman–Crippen LogP) is -2.67. The normalized spacial score (nSPS) is 18.6. The van der Waals surface area contributed by atoms with Gasteiger partial charge in [0.05, 0.1) is 12.5 Å². The Morgan fingerprint density at radius 1 is 1.11 bits per heavy atom. The Bertz CT molecular complexity index is 816. The van der Waals surface area contributed by atoms with Crippen molar-refractivity contribution in [1.82, 2.24) is 15.5 Å². The maximum Gasteiger partial charge on any atom is 0.326 e. The lowest BCUT2D eigenvalue weighted by atomic mass is 9.96. The van der Waals surface area contributed by atoms with Crippen molar-refractivity contribution < 1.29 is 29.1 Å². The van der Waals surface area contributed by atoms with Crippen LogP contribution in [0.4, 0.5) is 0 Å². The van der Waals surface area contributed by atoms with E-state index in [2.05, 4.69) is 15.6 Å². The molecule has 14 heteroatoms. The summed E-state index contributed by atoms with van der Waals surface area (Å²) in [6.07, 6.45) is 1.44. The molecule has 0 aromatic rings. The quantitative estimate of drug-likeness (QED) is 0.0748. The van der Waals surface area contributed by atoms with Crippen LogP contribution in [0.1, 0.15) is 52.4 Å². The SMILES string of the molecule is CCC(C)C(NC(=O)C(CCCN=C(N)N)NC(=O)C(N)CC(N)=O)C(=O)N1CCCC1C(=O)O. The van der Waals surface area contributed by atoms with Gasteiger partial charge in [0.1, 0.15) is 18.1 Å². The first-order chi connectivity index (χ1) is 16.4. The summed E-state index contributed by atoms with van der Waals surface area (Å²) in [7, 11) is 0. The lowest BCUT2D eigenvalue weighted by molar-refractivity contribution is -0.150. The van der Waals surface area contributed by atoms with Crippen molar-refractivity contribution in [3.63, 3.8) is 0 Å². The number of primary amides is 1. The van der Waals surface area contributed by atoms with E-state index in [1.807, 2.05) is 6.92 Å². The van der Waals surface area contributed by atoms with Gasteiger partial charge in [-0.1, -0.05) is 20.3 Å². The molecule has 1 rings (SSSR count). The van der Waals surface area contributed by atoms with Crippen LogP contribution in [0.15, 0.2) is 4.99 Å². The maximum absolute atomic E-state index is 13.2. The molecule has 1 fully saturated rings. The van der Waals surface area contributed by atoms with E-state index in [1.165, 1.54) is 4.90 Å². The van der Waals surface area contributed by atoms with Crippen molar-refractivity contribution >= 4 is 35.6 Å². The number of guanidine groups is 1. The van der Waals surface area contributed by atoms with E-state index in [9.17, 15) is 29.1 Å². The zero-order chi connectivity index (χ0) is 26.7. The molecule has 0 aliphatic carbocycles. The molecule has 4 amide bonds. The highest BCUT2D eigenvalue weighted by Gasteiger charge is 2.39. The van der Waals surface area contributed by atoms with Gasteiger partial charge in [-0.25, -0.2) is 4.79 Å². The Balaban J connectivity index is 3.05. The summed E-state index contributed by atoms with van der Waals surface area (Å²) in [5.74, 6) is -4.22. The molecule has 1 aliphatic heterocycles. The minimum Gasteiger partial charge on any atom is -0.480 e. The second kappa shape index (κ2) is 14.1. The molecule has 35 heavy (non-hydrogen) atoms. The van der Waals surface area contributed by atoms with Crippen molar-refractivity contribution in [2.75, 3.05) is 13.1 Å². The number of hydrogen-bond donors (Lipinski definition) is 7. The standard InChI is InChI=1S/C21H38N8O6/c1-3-11(2)16(19(33)29-9-5-7-14(29)20(34)35)28-18(32)13(6-4-8-26-21(24)25)27-17(31)12(22)10-15(23)30/h11-14,16H,3-10,22H2,1-2H3,(H2,23,30)(H,27,31)(H,28,32)(H,34,35)(H4,24,25,26). The van der Waals surface area contributed by atoms with Gasteiger partial charge in [-0.3, -0.25) is 24.2 Å². The number of carbonyl (C=O) groups excluding carboxylic acids is 4. The van der Waals surface area contributed by atoms with Crippen LogP contribution in [0.2, 0.25) is 0 Å². The Morgan fingerprint density at radius 3 is 2.31 bits per heavy atom. The second-order valence-electron chi connectivity index (χ2n) is 8.69. The molecule has 0 aromatic carbocycles. The topological polar surface area (TPSA) is 249 Å². The fraction of sp³-hybridized carbons (Fsp3) is 0.714. The van der Waals surface area contributed by atoms with Crippen LogP contribution in [0.5, 0.6) is 0 Å². The van der Waals surface area contributed by atoms with Crippen LogP contribution in [-0.4, -0.2) is 82.8 Å². The Labute approximate surface area is 204 Å². The highest BCUT2D eigenvalue weighted by atomic mass is 16.4. The van der Waals surface area contributed by atoms with Crippen LogP contribution in [0.3, 0.4) is 0 Å². The van der Waals surface area contributed by atoms with E-state index < -0.39 is 60.2 Å². The molecule has 0 radical (unpaired) electrons. The highest BCUT2D eigenvalue weighted by Crippen LogP contribution is 2.21. The number of carboxylic acids is 1. The number of carboxylic acid groups (broad SMARTS) is 1. The van der Waals surface area contributed by atoms with E-state index >= 15 is 0 Å². The Morgan fingerprint density at radius 2 is 1.77 bits per heavy atom. The summed E-state index contributed by atoms with van der Waals surface area (Å²) in [6, 6.07) is -4.31. The molecule has 0 spiro atoms. The van der Waals surface area contributed by atoms with Crippen LogP contribution < -0.4 is 33.6 Å². The third-order valence-electron chi connectivity index (χ3n) is 5.93. The van der Waals surface area contributed by atoms with Crippen LogP contribution in [0.25, 0.3) is 0 Å². The van der Waals surface area contributed by atoms with Gasteiger partial charge in [0.15, 0.2) is 5.96 Å². The fourth-order valence-corrected chi connectivity index (χ4v) is 3.76. The van der Waals surface area contributed by atoms with Crippen LogP contribution >= 0.6 is 0 Å². The Kier molecular flexibility index (Phi) is 11.9. The molecule has 0 bridgehead atoms. The number of nitrogens with zero attached hydrogens (tertiary/aromatic N) is 2. The van der Waals surface area contributed by atoms with Gasteiger partial charge in [-0.2, -0.15) is 0 Å². The summed E-state index contributed by atoms with van der Waals surface area (Å²) in [5.41, 5.74) is 21.4. The molecule has 198 valence electrons. The first-order valence-electron chi connectivity index (χ1n) is 11.6. The number of amides is 4. The van der Waals surface area contributed by atoms with Gasteiger partial charge >= 0.3 is 5.97 Å². The lowest BCUT2D eigenvalue weighted by Gasteiger charge is -2.31. The predicted molar refractivity (Wildman–Crippen MR) is 127 cm³/mol. The summed E-state index contributed by atoms with van der Waals surface area (Å²) < 4.78 is 0. The van der Waals surface area contributed by atoms with Gasteiger partial charge in [0.2, 0.25) is 23.6 Å². The number of nitrogens with one attached hydrogen (secondary N) is 2. The van der Waals surface area contributed by atoms with E-state index in [-0.39, 0.29) is 31.4 Å². The van der Waals surface area contributed by atoms with Gasteiger partial charge in [-0.15, -0.1) is 0 Å². The number of nitrogens with two attached hydrogens (primary N) is 4. The van der Waals surface area contributed by atoms with Gasteiger partial charge < -0.3 is 43.6 Å². The van der Waals surface area contributed by atoms with Crippen molar-refractivity contribution in [3.8, 4) is 0 Å². The fourth-order valence-electron chi connectivity index (χ4n) is 3.76. The molecule has 1 aliphatic rings. The first kappa shape index (κ1) is 29.6. The third-order valence-corrected chi connectivity index (χ3v) is 5.93. The molecular formula is C21H38N8O6. The van der Waals surface area contributed by atoms with E-state index in [0.717, 1.165) is 0 Å². The van der Waals surface area contributed by atoms with Crippen molar-refractivity contribution in [2.45, 2.75) is 76.5 Å². The first-order valence-corrected chi connectivity index (χ1v) is 11.6. The van der Waals surface area contributed by atoms with Crippen LogP contribution in [0, 0.1) is 5.92 Å². The second-order valence-corrected chi connectivity index (χ2v) is 8.69. The molecule has 1 heterocycles. The summed E-state index contributed by atoms with van der Waals surface area (Å²) >= 11 is 0. The van der Waals surface area contributed by atoms with E-state index in [4.69, 9.17) is 22.9 Å². The Hall–Kier alpha value is -3.42. The number of rotatable bonds is 14. The monoisotopic (exact) mass is 498 g/mol. The molecule has 0 saturated carbocycles. The minimum atomic E-state index is -1.26. The number of aliphatic imine (C=N–C) groups is 1. The number of likely N-dealkylation sites (tertiary alicyclic amines) is 1. The molecule has 14 nitrogen and oxygen atoms in total. The summed E-state index contributed by atoms with van der Waals surface area (Å²) in [5, 5.41) is 14.6. The smallest absolute Gasteiger partial charge is 0.326 e. The zero-order valence-corrected chi connectivity index (χ0v) is 20.2. The van der Waals surface area contributed by atoms with E-state index in [0.29, 0.717) is 25.7 Å². The van der Waals surface area contributed by atoms with Gasteiger partial charge in [-0.05, 0) is 31.6 Å². The van der Waals surface area contributed by atoms with Crippen molar-refractivity contribution in [3.05, 3.63) is 0 Å². The van der Waals surface area contributed by atoms with Crippen molar-refractivity contribution in [2.24, 2.45) is 33.8 Å². The molecule has 5 atom stereocenters. The number of carbonyl (C=O) groups is 5. The largest absolute Gasteiger partial charge is 0.480 e. The lowest BCUT2D eigenvalue weighted by Crippen LogP contribution is -2.58. The summed E-state index contributed by atoms with van der Waals surface area (Å²) in [4.78, 5) is 66.7. The highest BCUT2D eigenvalue weighted by molar-refractivity contribution is 5.95.